The van der Waals surface area contributed by atoms with E-state index >= 15 is 0 Å². The number of hydrogen-bond acceptors (Lipinski definition) is 1. The first kappa shape index (κ1) is 4.89. The molecule has 2 N–H and O–H groups in total. The van der Waals surface area contributed by atoms with Crippen LogP contribution in [0.5, 0.6) is 0 Å². The van der Waals surface area contributed by atoms with Crippen LogP contribution in [0.2, 0.25) is 0 Å². The Hall–Kier alpha value is -0.260. The number of hydrogen-bond donors (Lipinski definition) is 1. The van der Waals surface area contributed by atoms with Crippen molar-refractivity contribution in [3.8, 4) is 0 Å². The molecule has 0 spiro atoms. The van der Waals surface area contributed by atoms with E-state index in [0.717, 1.165) is 14.7 Å². The molecule has 0 bridgehead atoms. The van der Waals surface area contributed by atoms with E-state index in [1.807, 2.05) is 0 Å². The standard InChI is InChI=1S/C5H8NP/c6-4-5-2-1-3-7-5/h1-3,7H,4,6H2. The Morgan fingerprint density at radius 3 is 2.86 bits per heavy atom. The summed E-state index contributed by atoms with van der Waals surface area (Å²) in [6.07, 6.45) is 0. The van der Waals surface area contributed by atoms with Crippen LogP contribution in [-0.2, 0) is 6.54 Å². The summed E-state index contributed by atoms with van der Waals surface area (Å²) >= 11 is 0. The van der Waals surface area contributed by atoms with Crippen LogP contribution in [0, 0.1) is 0 Å². The minimum absolute atomic E-state index is 0.728. The highest BCUT2D eigenvalue weighted by Crippen LogP contribution is 2.12. The smallest absolute Gasteiger partial charge is 0.0213 e. The maximum Gasteiger partial charge on any atom is 0.0213 e. The van der Waals surface area contributed by atoms with Crippen molar-refractivity contribution in [2.24, 2.45) is 5.73 Å². The average Bonchev–Trinajstić information content (AvgIpc) is 2.14. The van der Waals surface area contributed by atoms with Crippen molar-refractivity contribution in [1.29, 1.82) is 0 Å². The van der Waals surface area contributed by atoms with E-state index in [0.29, 0.717) is 0 Å². The van der Waals surface area contributed by atoms with Crippen molar-refractivity contribution < 1.29 is 0 Å². The molecule has 1 aromatic heterocycles. The fraction of sp³-hybridized carbons (Fsp3) is 0.200. The number of nitrogens with two attached hydrogens (primary N) is 1. The van der Waals surface area contributed by atoms with Gasteiger partial charge in [-0.05, 0) is 11.1 Å². The molecule has 0 aliphatic carbocycles. The summed E-state index contributed by atoms with van der Waals surface area (Å²) in [7, 11) is 0.855. The largest absolute Gasteiger partial charge is 0.326 e. The minimum atomic E-state index is 0.728. The molecule has 0 aliphatic rings. The van der Waals surface area contributed by atoms with Crippen LogP contribution < -0.4 is 5.73 Å². The normalized spacial score (nSPS) is 10.4. The Balaban J connectivity index is 2.76. The topological polar surface area (TPSA) is 26.0 Å². The summed E-state index contributed by atoms with van der Waals surface area (Å²) in [6, 6.07) is 4.14. The summed E-state index contributed by atoms with van der Waals surface area (Å²) < 4.78 is 0. The van der Waals surface area contributed by atoms with Gasteiger partial charge in [0.1, 0.15) is 0 Å². The summed E-state index contributed by atoms with van der Waals surface area (Å²) in [5, 5.41) is 1.36. The Morgan fingerprint density at radius 2 is 2.57 bits per heavy atom. The molecule has 0 aliphatic heterocycles. The van der Waals surface area contributed by atoms with Gasteiger partial charge in [-0.2, -0.15) is 0 Å². The van der Waals surface area contributed by atoms with Gasteiger partial charge in [0.15, 0.2) is 0 Å². The van der Waals surface area contributed by atoms with Crippen molar-refractivity contribution in [1.82, 2.24) is 0 Å². The Morgan fingerprint density at radius 1 is 1.71 bits per heavy atom. The van der Waals surface area contributed by atoms with Crippen LogP contribution in [0.4, 0.5) is 0 Å². The maximum absolute atomic E-state index is 5.33. The second kappa shape index (κ2) is 2.15. The molecule has 0 amide bonds. The predicted molar refractivity (Wildman–Crippen MR) is 33.8 cm³/mol. The van der Waals surface area contributed by atoms with Crippen LogP contribution in [0.25, 0.3) is 0 Å². The van der Waals surface area contributed by atoms with Gasteiger partial charge >= 0.3 is 0 Å². The maximum atomic E-state index is 5.33. The fourth-order valence-electron chi connectivity index (χ4n) is 0.494. The third-order valence-corrected chi connectivity index (χ3v) is 1.98. The second-order valence-corrected chi connectivity index (χ2v) is 2.66. The van der Waals surface area contributed by atoms with E-state index in [1.165, 1.54) is 5.30 Å². The summed E-state index contributed by atoms with van der Waals surface area (Å²) in [4.78, 5) is 0. The van der Waals surface area contributed by atoms with Gasteiger partial charge < -0.3 is 5.73 Å². The molecule has 1 aromatic rings. The Labute approximate surface area is 44.6 Å². The molecule has 0 saturated heterocycles. The van der Waals surface area contributed by atoms with Crippen LogP contribution in [0.15, 0.2) is 17.9 Å². The molecule has 1 rings (SSSR count). The average molecular weight is 113 g/mol. The van der Waals surface area contributed by atoms with E-state index < -0.39 is 0 Å². The molecular weight excluding hydrogens is 105 g/mol. The minimum Gasteiger partial charge on any atom is -0.326 e. The highest BCUT2D eigenvalue weighted by atomic mass is 31.0. The van der Waals surface area contributed by atoms with E-state index in [-0.39, 0.29) is 0 Å². The molecule has 1 nitrogen and oxygen atoms in total. The zero-order valence-electron chi connectivity index (χ0n) is 4.02. The first-order valence-electron chi connectivity index (χ1n) is 2.26. The summed E-state index contributed by atoms with van der Waals surface area (Å²) in [5.41, 5.74) is 5.33. The van der Waals surface area contributed by atoms with Crippen molar-refractivity contribution in [2.45, 2.75) is 6.54 Å². The van der Waals surface area contributed by atoms with Crippen molar-refractivity contribution in [2.75, 3.05) is 0 Å². The van der Waals surface area contributed by atoms with E-state index in [9.17, 15) is 0 Å². The number of rotatable bonds is 1. The van der Waals surface area contributed by atoms with Gasteiger partial charge in [0.2, 0.25) is 0 Å². The van der Waals surface area contributed by atoms with Gasteiger partial charge in [-0.1, -0.05) is 12.1 Å². The molecule has 0 radical (unpaired) electrons. The lowest BCUT2D eigenvalue weighted by Crippen LogP contribution is -1.90. The molecule has 1 unspecified atom stereocenters. The fourth-order valence-corrected chi connectivity index (χ4v) is 1.21. The lowest BCUT2D eigenvalue weighted by atomic mass is 10.5. The summed E-state index contributed by atoms with van der Waals surface area (Å²) in [5.74, 6) is 2.14. The molecular formula is C5H8NP. The van der Waals surface area contributed by atoms with Gasteiger partial charge in [0, 0.05) is 6.54 Å². The second-order valence-electron chi connectivity index (χ2n) is 1.40. The predicted octanol–water partition coefficient (Wildman–Crippen LogP) is 1.18. The molecule has 1 atom stereocenters. The van der Waals surface area contributed by atoms with Gasteiger partial charge in [0.05, 0.1) is 0 Å². The Kier molecular flexibility index (Phi) is 1.50. The summed E-state index contributed by atoms with van der Waals surface area (Å²) in [6.45, 7) is 0.728. The SMILES string of the molecule is NCc1ccc[pH]1. The zero-order valence-corrected chi connectivity index (χ0v) is 5.02. The zero-order chi connectivity index (χ0) is 5.11. The first-order valence-corrected chi connectivity index (χ1v) is 3.33. The molecule has 2 heteroatoms. The van der Waals surface area contributed by atoms with Crippen molar-refractivity contribution >= 4 is 8.19 Å². The van der Waals surface area contributed by atoms with E-state index in [1.54, 1.807) is 0 Å². The van der Waals surface area contributed by atoms with Crippen molar-refractivity contribution in [3.63, 3.8) is 0 Å². The molecule has 7 heavy (non-hydrogen) atoms. The van der Waals surface area contributed by atoms with Gasteiger partial charge in [-0.3, -0.25) is 0 Å². The molecule has 0 aromatic carbocycles. The van der Waals surface area contributed by atoms with Crippen LogP contribution >= 0.6 is 8.19 Å². The van der Waals surface area contributed by atoms with Gasteiger partial charge in [-0.15, -0.1) is 8.19 Å². The monoisotopic (exact) mass is 113 g/mol. The van der Waals surface area contributed by atoms with Crippen molar-refractivity contribution in [3.05, 3.63) is 23.2 Å². The van der Waals surface area contributed by atoms with Crippen LogP contribution in [-0.4, -0.2) is 0 Å². The molecule has 0 saturated carbocycles. The third kappa shape index (κ3) is 1.05. The third-order valence-electron chi connectivity index (χ3n) is 0.882. The van der Waals surface area contributed by atoms with Gasteiger partial charge in [0.25, 0.3) is 0 Å². The highest BCUT2D eigenvalue weighted by molar-refractivity contribution is 7.30. The van der Waals surface area contributed by atoms with E-state index in [2.05, 4.69) is 17.9 Å². The highest BCUT2D eigenvalue weighted by Gasteiger charge is 1.81. The quantitative estimate of drug-likeness (QED) is 0.581. The molecule has 38 valence electrons. The first-order chi connectivity index (χ1) is 3.43. The van der Waals surface area contributed by atoms with E-state index in [4.69, 9.17) is 5.73 Å². The lowest BCUT2D eigenvalue weighted by Gasteiger charge is -1.80. The van der Waals surface area contributed by atoms with Crippen LogP contribution in [0.3, 0.4) is 0 Å². The van der Waals surface area contributed by atoms with Crippen LogP contribution in [0.1, 0.15) is 5.30 Å². The molecule has 0 fully saturated rings. The van der Waals surface area contributed by atoms with Gasteiger partial charge in [-0.25, -0.2) is 0 Å². The lowest BCUT2D eigenvalue weighted by molar-refractivity contribution is 1.11. The molecule has 1 heterocycles. The Bertz CT molecular complexity index is 123.